The van der Waals surface area contributed by atoms with E-state index in [0.717, 1.165) is 26.1 Å². The van der Waals surface area contributed by atoms with Crippen molar-refractivity contribution >= 4 is 5.91 Å². The second-order valence-electron chi connectivity index (χ2n) is 6.15. The summed E-state index contributed by atoms with van der Waals surface area (Å²) >= 11 is 0. The van der Waals surface area contributed by atoms with E-state index >= 15 is 0 Å². The highest BCUT2D eigenvalue weighted by Gasteiger charge is 2.26. The van der Waals surface area contributed by atoms with Crippen LogP contribution in [0, 0.1) is 5.92 Å². The van der Waals surface area contributed by atoms with Gasteiger partial charge in [0.1, 0.15) is 0 Å². The SMILES string of the molecule is CCN(CC(=O)NC1CCCCC1C)C1CCNC1. The Bertz CT molecular complexity index is 289. The van der Waals surface area contributed by atoms with Gasteiger partial charge < -0.3 is 10.6 Å². The minimum Gasteiger partial charge on any atom is -0.352 e. The van der Waals surface area contributed by atoms with E-state index in [9.17, 15) is 4.79 Å². The summed E-state index contributed by atoms with van der Waals surface area (Å²) in [5.74, 6) is 0.855. The lowest BCUT2D eigenvalue weighted by Gasteiger charge is -2.31. The fraction of sp³-hybridized carbons (Fsp3) is 0.933. The molecule has 1 aliphatic heterocycles. The lowest BCUT2D eigenvalue weighted by Crippen LogP contribution is -2.48. The Morgan fingerprint density at radius 3 is 2.74 bits per heavy atom. The third kappa shape index (κ3) is 4.18. The minimum atomic E-state index is 0.215. The van der Waals surface area contributed by atoms with Crippen LogP contribution < -0.4 is 10.6 Å². The molecule has 1 saturated carbocycles. The van der Waals surface area contributed by atoms with E-state index in [1.54, 1.807) is 0 Å². The Morgan fingerprint density at radius 2 is 2.11 bits per heavy atom. The maximum Gasteiger partial charge on any atom is 0.234 e. The summed E-state index contributed by atoms with van der Waals surface area (Å²) in [5.41, 5.74) is 0. The Hall–Kier alpha value is -0.610. The molecule has 2 fully saturated rings. The van der Waals surface area contributed by atoms with E-state index in [1.165, 1.54) is 25.7 Å². The average Bonchev–Trinajstić information content (AvgIpc) is 2.92. The molecule has 0 bridgehead atoms. The Morgan fingerprint density at radius 1 is 1.32 bits per heavy atom. The van der Waals surface area contributed by atoms with Crippen LogP contribution >= 0.6 is 0 Å². The van der Waals surface area contributed by atoms with Gasteiger partial charge in [0.2, 0.25) is 5.91 Å². The zero-order chi connectivity index (χ0) is 13.7. The van der Waals surface area contributed by atoms with Crippen LogP contribution in [0.15, 0.2) is 0 Å². The number of nitrogens with zero attached hydrogens (tertiary/aromatic N) is 1. The average molecular weight is 267 g/mol. The monoisotopic (exact) mass is 267 g/mol. The standard InChI is InChI=1S/C15H29N3O/c1-3-18(13-8-9-16-10-13)11-15(19)17-14-7-5-4-6-12(14)2/h12-14,16H,3-11H2,1-2H3,(H,17,19). The predicted octanol–water partition coefficient (Wildman–Crippen LogP) is 1.37. The fourth-order valence-corrected chi connectivity index (χ4v) is 3.42. The van der Waals surface area contributed by atoms with Gasteiger partial charge in [0.05, 0.1) is 6.54 Å². The van der Waals surface area contributed by atoms with Crippen LogP contribution in [0.1, 0.15) is 46.0 Å². The lowest BCUT2D eigenvalue weighted by molar-refractivity contribution is -0.124. The molecule has 0 aromatic carbocycles. The van der Waals surface area contributed by atoms with Crippen molar-refractivity contribution in [2.75, 3.05) is 26.2 Å². The molecule has 2 rings (SSSR count). The van der Waals surface area contributed by atoms with Gasteiger partial charge in [-0.05, 0) is 38.3 Å². The number of amides is 1. The molecule has 110 valence electrons. The molecule has 1 aliphatic carbocycles. The molecular formula is C15H29N3O. The molecule has 3 unspecified atom stereocenters. The number of likely N-dealkylation sites (N-methyl/N-ethyl adjacent to an activating group) is 1. The number of hydrogen-bond acceptors (Lipinski definition) is 3. The molecular weight excluding hydrogens is 238 g/mol. The van der Waals surface area contributed by atoms with Gasteiger partial charge in [-0.2, -0.15) is 0 Å². The maximum absolute atomic E-state index is 12.2. The molecule has 0 radical (unpaired) electrons. The third-order valence-corrected chi connectivity index (χ3v) is 4.76. The van der Waals surface area contributed by atoms with Gasteiger partial charge >= 0.3 is 0 Å². The molecule has 2 aliphatic rings. The van der Waals surface area contributed by atoms with Crippen LogP contribution in [0.2, 0.25) is 0 Å². The summed E-state index contributed by atoms with van der Waals surface area (Å²) < 4.78 is 0. The summed E-state index contributed by atoms with van der Waals surface area (Å²) in [6.07, 6.45) is 6.17. The predicted molar refractivity (Wildman–Crippen MR) is 78.1 cm³/mol. The van der Waals surface area contributed by atoms with Gasteiger partial charge in [0.15, 0.2) is 0 Å². The van der Waals surface area contributed by atoms with Crippen molar-refractivity contribution in [2.24, 2.45) is 5.92 Å². The van der Waals surface area contributed by atoms with Gasteiger partial charge in [-0.1, -0.05) is 26.7 Å². The third-order valence-electron chi connectivity index (χ3n) is 4.76. The number of hydrogen-bond donors (Lipinski definition) is 2. The molecule has 4 heteroatoms. The molecule has 1 heterocycles. The topological polar surface area (TPSA) is 44.4 Å². The largest absolute Gasteiger partial charge is 0.352 e. The molecule has 3 atom stereocenters. The smallest absolute Gasteiger partial charge is 0.234 e. The zero-order valence-electron chi connectivity index (χ0n) is 12.5. The highest BCUT2D eigenvalue weighted by molar-refractivity contribution is 5.78. The normalized spacial score (nSPS) is 31.6. The van der Waals surface area contributed by atoms with E-state index in [-0.39, 0.29) is 5.91 Å². The van der Waals surface area contributed by atoms with Crippen molar-refractivity contribution in [1.82, 2.24) is 15.5 Å². The van der Waals surface area contributed by atoms with Crippen molar-refractivity contribution in [2.45, 2.75) is 58.0 Å². The van der Waals surface area contributed by atoms with E-state index in [4.69, 9.17) is 0 Å². The fourth-order valence-electron chi connectivity index (χ4n) is 3.42. The Labute approximate surface area is 117 Å². The van der Waals surface area contributed by atoms with Gasteiger partial charge in [0, 0.05) is 18.6 Å². The van der Waals surface area contributed by atoms with E-state index in [2.05, 4.69) is 29.4 Å². The maximum atomic E-state index is 12.2. The van der Waals surface area contributed by atoms with Crippen molar-refractivity contribution in [3.63, 3.8) is 0 Å². The molecule has 0 spiro atoms. The molecule has 2 N–H and O–H groups in total. The molecule has 0 aromatic heterocycles. The molecule has 19 heavy (non-hydrogen) atoms. The highest BCUT2D eigenvalue weighted by atomic mass is 16.2. The molecule has 4 nitrogen and oxygen atoms in total. The second-order valence-corrected chi connectivity index (χ2v) is 6.15. The first-order valence-electron chi connectivity index (χ1n) is 7.94. The van der Waals surface area contributed by atoms with Crippen LogP contribution in [0.3, 0.4) is 0 Å². The van der Waals surface area contributed by atoms with Gasteiger partial charge in [-0.25, -0.2) is 0 Å². The summed E-state index contributed by atoms with van der Waals surface area (Å²) in [7, 11) is 0. The number of rotatable bonds is 5. The van der Waals surface area contributed by atoms with Gasteiger partial charge in [-0.15, -0.1) is 0 Å². The Kier molecular flexibility index (Phi) is 5.64. The molecule has 1 saturated heterocycles. The van der Waals surface area contributed by atoms with E-state index < -0.39 is 0 Å². The van der Waals surface area contributed by atoms with Crippen LogP contribution in [0.4, 0.5) is 0 Å². The number of nitrogens with one attached hydrogen (secondary N) is 2. The van der Waals surface area contributed by atoms with Crippen molar-refractivity contribution in [1.29, 1.82) is 0 Å². The summed E-state index contributed by atoms with van der Waals surface area (Å²) in [4.78, 5) is 14.5. The first-order chi connectivity index (χ1) is 9.20. The number of carbonyl (C=O) groups excluding carboxylic acids is 1. The van der Waals surface area contributed by atoms with Crippen molar-refractivity contribution in [3.05, 3.63) is 0 Å². The first-order valence-corrected chi connectivity index (χ1v) is 7.94. The van der Waals surface area contributed by atoms with Crippen molar-refractivity contribution < 1.29 is 4.79 Å². The second kappa shape index (κ2) is 7.25. The minimum absolute atomic E-state index is 0.215. The van der Waals surface area contributed by atoms with Gasteiger partial charge in [0.25, 0.3) is 0 Å². The lowest BCUT2D eigenvalue weighted by atomic mass is 9.86. The zero-order valence-corrected chi connectivity index (χ0v) is 12.5. The van der Waals surface area contributed by atoms with Crippen LogP contribution in [-0.4, -0.2) is 49.1 Å². The quantitative estimate of drug-likeness (QED) is 0.790. The summed E-state index contributed by atoms with van der Waals surface area (Å²) in [5, 5.41) is 6.63. The van der Waals surface area contributed by atoms with Gasteiger partial charge in [-0.3, -0.25) is 9.69 Å². The number of carbonyl (C=O) groups is 1. The molecule has 1 amide bonds. The summed E-state index contributed by atoms with van der Waals surface area (Å²) in [6, 6.07) is 0.946. The van der Waals surface area contributed by atoms with Crippen molar-refractivity contribution in [3.8, 4) is 0 Å². The summed E-state index contributed by atoms with van der Waals surface area (Å²) in [6.45, 7) is 8.05. The van der Waals surface area contributed by atoms with Crippen LogP contribution in [0.25, 0.3) is 0 Å². The highest BCUT2D eigenvalue weighted by Crippen LogP contribution is 2.23. The van der Waals surface area contributed by atoms with Crippen LogP contribution in [0.5, 0.6) is 0 Å². The first kappa shape index (κ1) is 14.8. The van der Waals surface area contributed by atoms with Crippen LogP contribution in [-0.2, 0) is 4.79 Å². The van der Waals surface area contributed by atoms with E-state index in [0.29, 0.717) is 24.5 Å². The molecule has 0 aromatic rings. The Balaban J connectivity index is 1.78. The van der Waals surface area contributed by atoms with E-state index in [1.807, 2.05) is 0 Å².